The van der Waals surface area contributed by atoms with Crippen molar-refractivity contribution >= 4 is 14.0 Å². The normalized spacial score (nSPS) is 29.5. The summed E-state index contributed by atoms with van der Waals surface area (Å²) in [4.78, 5) is 11.5. The summed E-state index contributed by atoms with van der Waals surface area (Å²) in [7, 11) is 0.341. The lowest BCUT2D eigenvalue weighted by atomic mass is 9.99. The molecule has 0 aliphatic heterocycles. The molecule has 15 heavy (non-hydrogen) atoms. The van der Waals surface area contributed by atoms with Gasteiger partial charge in [-0.05, 0) is 18.8 Å². The third-order valence-electron chi connectivity index (χ3n) is 2.89. The lowest BCUT2D eigenvalue weighted by Gasteiger charge is -2.11. The molecule has 0 heterocycles. The molecule has 0 aromatic carbocycles. The molecule has 1 saturated carbocycles. The molecule has 1 aliphatic rings. The fourth-order valence-electron chi connectivity index (χ4n) is 2.32. The highest BCUT2D eigenvalue weighted by Gasteiger charge is 2.33. The summed E-state index contributed by atoms with van der Waals surface area (Å²) < 4.78 is 4.83. The van der Waals surface area contributed by atoms with E-state index in [1.54, 1.807) is 0 Å². The van der Waals surface area contributed by atoms with E-state index in [4.69, 9.17) is 4.74 Å². The SMILES string of the molecule is COC(=O)C1C/C(=C\[Si](C)(C)C)CC1C. The standard InChI is InChI=1S/C12H22O2Si/c1-9-6-10(8-15(3,4)5)7-11(9)12(13)14-2/h8-9,11H,6-7H2,1-5H3/b10-8-. The number of hydrogen-bond donors (Lipinski definition) is 0. The van der Waals surface area contributed by atoms with E-state index in [2.05, 4.69) is 32.3 Å². The van der Waals surface area contributed by atoms with Gasteiger partial charge in [-0.1, -0.05) is 37.8 Å². The Morgan fingerprint density at radius 1 is 1.40 bits per heavy atom. The molecule has 0 N–H and O–H groups in total. The summed E-state index contributed by atoms with van der Waals surface area (Å²) in [6.07, 6.45) is 1.99. The number of ether oxygens (including phenoxy) is 1. The molecule has 2 atom stereocenters. The topological polar surface area (TPSA) is 26.3 Å². The van der Waals surface area contributed by atoms with Gasteiger partial charge in [0.25, 0.3) is 0 Å². The van der Waals surface area contributed by atoms with Crippen LogP contribution in [0.25, 0.3) is 0 Å². The first kappa shape index (κ1) is 12.5. The minimum Gasteiger partial charge on any atom is -0.469 e. The molecule has 0 aromatic heterocycles. The molecular weight excluding hydrogens is 204 g/mol. The van der Waals surface area contributed by atoms with Gasteiger partial charge in [-0.25, -0.2) is 0 Å². The monoisotopic (exact) mass is 226 g/mol. The number of rotatable bonds is 2. The third kappa shape index (κ3) is 3.49. The predicted molar refractivity (Wildman–Crippen MR) is 65.3 cm³/mol. The number of esters is 1. The van der Waals surface area contributed by atoms with Crippen LogP contribution in [-0.2, 0) is 9.53 Å². The number of allylic oxidation sites excluding steroid dienone is 1. The minimum atomic E-state index is -1.14. The molecule has 2 unspecified atom stereocenters. The lowest BCUT2D eigenvalue weighted by Crippen LogP contribution is -2.18. The molecule has 0 saturated heterocycles. The van der Waals surface area contributed by atoms with Gasteiger partial charge in [0, 0.05) is 0 Å². The molecule has 0 bridgehead atoms. The van der Waals surface area contributed by atoms with Gasteiger partial charge in [0.1, 0.15) is 0 Å². The van der Waals surface area contributed by atoms with Crippen molar-refractivity contribution in [2.24, 2.45) is 11.8 Å². The summed E-state index contributed by atoms with van der Waals surface area (Å²) in [5.41, 5.74) is 3.91. The number of methoxy groups -OCH3 is 1. The van der Waals surface area contributed by atoms with E-state index in [0.717, 1.165) is 12.8 Å². The Bertz CT molecular complexity index is 276. The van der Waals surface area contributed by atoms with E-state index in [1.165, 1.54) is 12.7 Å². The first-order valence-corrected chi connectivity index (χ1v) is 9.19. The Kier molecular flexibility index (Phi) is 3.76. The highest BCUT2D eigenvalue weighted by Crippen LogP contribution is 2.37. The smallest absolute Gasteiger partial charge is 0.309 e. The summed E-state index contributed by atoms with van der Waals surface area (Å²) in [6.45, 7) is 9.13. The van der Waals surface area contributed by atoms with Crippen LogP contribution in [0, 0.1) is 11.8 Å². The fraction of sp³-hybridized carbons (Fsp3) is 0.750. The molecule has 1 fully saturated rings. The largest absolute Gasteiger partial charge is 0.469 e. The maximum Gasteiger partial charge on any atom is 0.309 e. The average molecular weight is 226 g/mol. The summed E-state index contributed by atoms with van der Waals surface area (Å²) in [5.74, 6) is 0.499. The zero-order chi connectivity index (χ0) is 11.6. The quantitative estimate of drug-likeness (QED) is 0.534. The van der Waals surface area contributed by atoms with Crippen molar-refractivity contribution in [2.45, 2.75) is 39.4 Å². The third-order valence-corrected chi connectivity index (χ3v) is 4.17. The van der Waals surface area contributed by atoms with Crippen LogP contribution in [-0.4, -0.2) is 21.2 Å². The van der Waals surface area contributed by atoms with Gasteiger partial charge in [0.2, 0.25) is 0 Å². The Morgan fingerprint density at radius 3 is 2.47 bits per heavy atom. The second-order valence-electron chi connectivity index (χ2n) is 5.68. The highest BCUT2D eigenvalue weighted by atomic mass is 28.3. The van der Waals surface area contributed by atoms with Crippen LogP contribution < -0.4 is 0 Å². The van der Waals surface area contributed by atoms with E-state index in [9.17, 15) is 4.79 Å². The molecular formula is C12H22O2Si. The van der Waals surface area contributed by atoms with Gasteiger partial charge in [0.15, 0.2) is 0 Å². The first-order valence-electron chi connectivity index (χ1n) is 5.62. The number of carbonyl (C=O) groups is 1. The van der Waals surface area contributed by atoms with Gasteiger partial charge in [-0.3, -0.25) is 4.79 Å². The van der Waals surface area contributed by atoms with E-state index in [-0.39, 0.29) is 11.9 Å². The van der Waals surface area contributed by atoms with E-state index < -0.39 is 8.07 Å². The van der Waals surface area contributed by atoms with Crippen molar-refractivity contribution in [2.75, 3.05) is 7.11 Å². The van der Waals surface area contributed by atoms with Crippen molar-refractivity contribution in [1.29, 1.82) is 0 Å². The lowest BCUT2D eigenvalue weighted by molar-refractivity contribution is -0.146. The Morgan fingerprint density at radius 2 is 2.00 bits per heavy atom. The number of carbonyl (C=O) groups excluding carboxylic acids is 1. The van der Waals surface area contributed by atoms with Gasteiger partial charge in [-0.15, -0.1) is 0 Å². The minimum absolute atomic E-state index is 0.0403. The van der Waals surface area contributed by atoms with Crippen LogP contribution in [0.2, 0.25) is 19.6 Å². The zero-order valence-electron chi connectivity index (χ0n) is 10.5. The molecule has 2 nitrogen and oxygen atoms in total. The Balaban J connectivity index is 2.72. The molecule has 1 aliphatic carbocycles. The second-order valence-corrected chi connectivity index (χ2v) is 10.7. The van der Waals surface area contributed by atoms with Crippen LogP contribution in [0.3, 0.4) is 0 Å². The van der Waals surface area contributed by atoms with Crippen molar-refractivity contribution in [1.82, 2.24) is 0 Å². The fourth-order valence-corrected chi connectivity index (χ4v) is 3.78. The molecule has 86 valence electrons. The first-order chi connectivity index (χ1) is 6.83. The molecule has 0 amide bonds. The molecule has 3 heteroatoms. The average Bonchev–Trinajstić information content (AvgIpc) is 2.42. The predicted octanol–water partition coefficient (Wildman–Crippen LogP) is 3.01. The summed E-state index contributed by atoms with van der Waals surface area (Å²) in [6, 6.07) is 0. The van der Waals surface area contributed by atoms with Crippen LogP contribution in [0.15, 0.2) is 11.3 Å². The zero-order valence-corrected chi connectivity index (χ0v) is 11.5. The maximum atomic E-state index is 11.5. The van der Waals surface area contributed by atoms with E-state index in [1.807, 2.05) is 0 Å². The van der Waals surface area contributed by atoms with Crippen molar-refractivity contribution in [3.63, 3.8) is 0 Å². The van der Waals surface area contributed by atoms with Crippen LogP contribution in [0.5, 0.6) is 0 Å². The molecule has 0 aromatic rings. The van der Waals surface area contributed by atoms with E-state index >= 15 is 0 Å². The van der Waals surface area contributed by atoms with Gasteiger partial charge >= 0.3 is 5.97 Å². The molecule has 0 radical (unpaired) electrons. The number of hydrogen-bond acceptors (Lipinski definition) is 2. The van der Waals surface area contributed by atoms with E-state index in [0.29, 0.717) is 5.92 Å². The Labute approximate surface area is 93.7 Å². The van der Waals surface area contributed by atoms with Gasteiger partial charge in [-0.2, -0.15) is 0 Å². The summed E-state index contributed by atoms with van der Waals surface area (Å²) >= 11 is 0. The van der Waals surface area contributed by atoms with Crippen molar-refractivity contribution in [3.8, 4) is 0 Å². The van der Waals surface area contributed by atoms with Gasteiger partial charge in [0.05, 0.1) is 21.1 Å². The van der Waals surface area contributed by atoms with Crippen molar-refractivity contribution < 1.29 is 9.53 Å². The highest BCUT2D eigenvalue weighted by molar-refractivity contribution is 6.81. The molecule has 0 spiro atoms. The second kappa shape index (κ2) is 4.52. The summed E-state index contributed by atoms with van der Waals surface area (Å²) in [5, 5.41) is 0. The van der Waals surface area contributed by atoms with Crippen LogP contribution in [0.1, 0.15) is 19.8 Å². The van der Waals surface area contributed by atoms with Crippen LogP contribution in [0.4, 0.5) is 0 Å². The maximum absolute atomic E-state index is 11.5. The van der Waals surface area contributed by atoms with Gasteiger partial charge < -0.3 is 4.74 Å². The Hall–Kier alpha value is -0.573. The molecule has 1 rings (SSSR count). The van der Waals surface area contributed by atoms with Crippen LogP contribution >= 0.6 is 0 Å². The van der Waals surface area contributed by atoms with Crippen molar-refractivity contribution in [3.05, 3.63) is 11.3 Å².